The van der Waals surface area contributed by atoms with E-state index in [2.05, 4.69) is 9.64 Å². The quantitative estimate of drug-likeness (QED) is 0.445. The number of methoxy groups -OCH3 is 1. The topological polar surface area (TPSA) is 29.5 Å². The smallest absolute Gasteiger partial charge is 0.330 e. The summed E-state index contributed by atoms with van der Waals surface area (Å²) in [7, 11) is 1.43. The molecule has 2 rings (SSSR count). The monoisotopic (exact) mass is 181 g/mol. The van der Waals surface area contributed by atoms with Crippen molar-refractivity contribution in [1.29, 1.82) is 0 Å². The van der Waals surface area contributed by atoms with Crippen molar-refractivity contribution >= 4 is 5.97 Å². The van der Waals surface area contributed by atoms with Crippen LogP contribution in [0, 0.1) is 0 Å². The molecule has 0 aliphatic carbocycles. The van der Waals surface area contributed by atoms with E-state index in [1.165, 1.54) is 32.1 Å². The van der Waals surface area contributed by atoms with Gasteiger partial charge in [-0.05, 0) is 31.4 Å². The summed E-state index contributed by atoms with van der Waals surface area (Å²) in [5.74, 6) is -0.205. The molecule has 3 nitrogen and oxygen atoms in total. The Kier molecular flexibility index (Phi) is 2.36. The van der Waals surface area contributed by atoms with Crippen molar-refractivity contribution in [2.45, 2.75) is 25.3 Å². The lowest BCUT2D eigenvalue weighted by molar-refractivity contribution is -0.134. The summed E-state index contributed by atoms with van der Waals surface area (Å²) in [5, 5.41) is 0. The predicted molar refractivity (Wildman–Crippen MR) is 49.3 cm³/mol. The van der Waals surface area contributed by atoms with Crippen LogP contribution >= 0.6 is 0 Å². The van der Waals surface area contributed by atoms with Gasteiger partial charge in [-0.1, -0.05) is 0 Å². The zero-order chi connectivity index (χ0) is 9.26. The molecule has 2 saturated heterocycles. The molecule has 72 valence electrons. The number of nitrogens with zero attached hydrogens (tertiary/aromatic N) is 1. The summed E-state index contributed by atoms with van der Waals surface area (Å²) in [6, 6.07) is 0.541. The van der Waals surface area contributed by atoms with E-state index in [-0.39, 0.29) is 5.97 Å². The van der Waals surface area contributed by atoms with E-state index in [0.29, 0.717) is 6.04 Å². The van der Waals surface area contributed by atoms with E-state index in [1.54, 1.807) is 6.08 Å². The molecule has 0 radical (unpaired) electrons. The van der Waals surface area contributed by atoms with Gasteiger partial charge in [-0.25, -0.2) is 4.79 Å². The minimum atomic E-state index is -0.205. The zero-order valence-electron chi connectivity index (χ0n) is 7.95. The Labute approximate surface area is 78.4 Å². The lowest BCUT2D eigenvalue weighted by atomic mass is 10.1. The molecule has 0 N–H and O–H groups in total. The van der Waals surface area contributed by atoms with Crippen molar-refractivity contribution in [3.8, 4) is 0 Å². The number of hydrogen-bond acceptors (Lipinski definition) is 3. The van der Waals surface area contributed by atoms with Crippen LogP contribution in [0.3, 0.4) is 0 Å². The van der Waals surface area contributed by atoms with E-state index in [0.717, 1.165) is 13.0 Å². The number of rotatable bonds is 1. The van der Waals surface area contributed by atoms with Crippen LogP contribution in [0.1, 0.15) is 19.3 Å². The SMILES string of the molecule is COC(=O)/C=C1/CCN2CCCC12. The molecule has 0 bridgehead atoms. The normalized spacial score (nSPS) is 30.8. The fourth-order valence-corrected chi connectivity index (χ4v) is 2.33. The fourth-order valence-electron chi connectivity index (χ4n) is 2.33. The Balaban J connectivity index is 2.08. The molecule has 1 unspecified atom stereocenters. The lowest BCUT2D eigenvalue weighted by Crippen LogP contribution is -2.22. The summed E-state index contributed by atoms with van der Waals surface area (Å²) < 4.78 is 4.63. The van der Waals surface area contributed by atoms with Gasteiger partial charge in [0.1, 0.15) is 0 Å². The van der Waals surface area contributed by atoms with Crippen molar-refractivity contribution in [3.05, 3.63) is 11.6 Å². The minimum Gasteiger partial charge on any atom is -0.466 e. The molecule has 2 fully saturated rings. The second kappa shape index (κ2) is 3.50. The Morgan fingerprint density at radius 1 is 1.62 bits per heavy atom. The molecular weight excluding hydrogens is 166 g/mol. The highest BCUT2D eigenvalue weighted by Crippen LogP contribution is 2.31. The summed E-state index contributed by atoms with van der Waals surface area (Å²) in [5.41, 5.74) is 1.27. The van der Waals surface area contributed by atoms with Crippen molar-refractivity contribution in [3.63, 3.8) is 0 Å². The molecule has 0 aromatic heterocycles. The number of hydrogen-bond donors (Lipinski definition) is 0. The number of carbonyl (C=O) groups excluding carboxylic acids is 1. The second-order valence-corrected chi connectivity index (χ2v) is 3.69. The fraction of sp³-hybridized carbons (Fsp3) is 0.700. The van der Waals surface area contributed by atoms with Gasteiger partial charge in [-0.15, -0.1) is 0 Å². The minimum absolute atomic E-state index is 0.205. The first-order valence-electron chi connectivity index (χ1n) is 4.83. The van der Waals surface area contributed by atoms with Gasteiger partial charge in [-0.3, -0.25) is 4.90 Å². The maximum atomic E-state index is 11.0. The standard InChI is InChI=1S/C10H15NO2/c1-13-10(12)7-8-4-6-11-5-2-3-9(8)11/h7,9H,2-6H2,1H3/b8-7-. The molecule has 1 atom stereocenters. The van der Waals surface area contributed by atoms with Crippen LogP contribution in [-0.2, 0) is 9.53 Å². The average Bonchev–Trinajstić information content (AvgIpc) is 2.69. The molecule has 0 aromatic rings. The van der Waals surface area contributed by atoms with Crippen LogP contribution in [0.2, 0.25) is 0 Å². The maximum absolute atomic E-state index is 11.0. The van der Waals surface area contributed by atoms with Gasteiger partial charge in [0.05, 0.1) is 7.11 Å². The molecule has 13 heavy (non-hydrogen) atoms. The second-order valence-electron chi connectivity index (χ2n) is 3.69. The third-order valence-corrected chi connectivity index (χ3v) is 2.98. The van der Waals surface area contributed by atoms with Crippen LogP contribution in [0.15, 0.2) is 11.6 Å². The summed E-state index contributed by atoms with van der Waals surface area (Å²) >= 11 is 0. The molecule has 2 aliphatic heterocycles. The number of esters is 1. The Bertz CT molecular complexity index is 247. The molecular formula is C10H15NO2. The van der Waals surface area contributed by atoms with E-state index in [1.807, 2.05) is 0 Å². The van der Waals surface area contributed by atoms with Crippen LogP contribution in [0.25, 0.3) is 0 Å². The van der Waals surface area contributed by atoms with E-state index in [9.17, 15) is 4.79 Å². The van der Waals surface area contributed by atoms with E-state index < -0.39 is 0 Å². The van der Waals surface area contributed by atoms with Gasteiger partial charge in [0, 0.05) is 18.7 Å². The first-order valence-corrected chi connectivity index (χ1v) is 4.83. The highest BCUT2D eigenvalue weighted by molar-refractivity contribution is 5.83. The van der Waals surface area contributed by atoms with E-state index >= 15 is 0 Å². The first kappa shape index (κ1) is 8.75. The van der Waals surface area contributed by atoms with Crippen molar-refractivity contribution in [1.82, 2.24) is 4.90 Å². The Hall–Kier alpha value is -0.830. The Morgan fingerprint density at radius 3 is 3.23 bits per heavy atom. The van der Waals surface area contributed by atoms with Gasteiger partial charge >= 0.3 is 5.97 Å². The number of carbonyl (C=O) groups is 1. The molecule has 2 aliphatic rings. The van der Waals surface area contributed by atoms with Gasteiger partial charge in [0.2, 0.25) is 0 Å². The van der Waals surface area contributed by atoms with Crippen LogP contribution in [0.5, 0.6) is 0 Å². The number of ether oxygens (including phenoxy) is 1. The van der Waals surface area contributed by atoms with Gasteiger partial charge in [-0.2, -0.15) is 0 Å². The predicted octanol–water partition coefficient (Wildman–Crippen LogP) is 0.954. The highest BCUT2D eigenvalue weighted by atomic mass is 16.5. The Morgan fingerprint density at radius 2 is 2.46 bits per heavy atom. The molecule has 2 heterocycles. The molecule has 0 spiro atoms. The first-order chi connectivity index (χ1) is 6.31. The summed E-state index contributed by atoms with van der Waals surface area (Å²) in [6.45, 7) is 2.32. The van der Waals surface area contributed by atoms with Gasteiger partial charge in [0.25, 0.3) is 0 Å². The third kappa shape index (κ3) is 1.61. The van der Waals surface area contributed by atoms with Crippen molar-refractivity contribution in [2.75, 3.05) is 20.2 Å². The maximum Gasteiger partial charge on any atom is 0.330 e. The van der Waals surface area contributed by atoms with E-state index in [4.69, 9.17) is 0 Å². The highest BCUT2D eigenvalue weighted by Gasteiger charge is 2.32. The summed E-state index contributed by atoms with van der Waals surface area (Å²) in [6.07, 6.45) is 5.20. The van der Waals surface area contributed by atoms with Crippen molar-refractivity contribution in [2.24, 2.45) is 0 Å². The van der Waals surface area contributed by atoms with Crippen LogP contribution in [-0.4, -0.2) is 37.1 Å². The largest absolute Gasteiger partial charge is 0.466 e. The molecule has 0 amide bonds. The molecule has 0 aromatic carbocycles. The number of fused-ring (bicyclic) bond motifs is 1. The third-order valence-electron chi connectivity index (χ3n) is 2.98. The van der Waals surface area contributed by atoms with Gasteiger partial charge < -0.3 is 4.74 Å². The lowest BCUT2D eigenvalue weighted by Gasteiger charge is -2.13. The zero-order valence-corrected chi connectivity index (χ0v) is 7.95. The van der Waals surface area contributed by atoms with Crippen molar-refractivity contribution < 1.29 is 9.53 Å². The van der Waals surface area contributed by atoms with Crippen LogP contribution < -0.4 is 0 Å². The molecule has 3 heteroatoms. The molecule has 0 saturated carbocycles. The van der Waals surface area contributed by atoms with Crippen LogP contribution in [0.4, 0.5) is 0 Å². The average molecular weight is 181 g/mol. The summed E-state index contributed by atoms with van der Waals surface area (Å²) in [4.78, 5) is 13.5. The van der Waals surface area contributed by atoms with Gasteiger partial charge in [0.15, 0.2) is 0 Å².